The molecule has 1 saturated heterocycles. The van der Waals surface area contributed by atoms with E-state index in [1.54, 1.807) is 0 Å². The Hall–Kier alpha value is -0.240. The molecule has 2 nitrogen and oxygen atoms in total. The summed E-state index contributed by atoms with van der Waals surface area (Å²) in [5.41, 5.74) is 0. The van der Waals surface area contributed by atoms with Crippen molar-refractivity contribution in [2.45, 2.75) is 90.5 Å². The first kappa shape index (κ1) is 18.8. The fourth-order valence-corrected chi connectivity index (χ4v) is 3.75. The van der Waals surface area contributed by atoms with Gasteiger partial charge in [-0.05, 0) is 18.8 Å². The van der Waals surface area contributed by atoms with Gasteiger partial charge >= 0.3 is 0 Å². The molecular formula is C18H34ClNO. The van der Waals surface area contributed by atoms with Crippen molar-refractivity contribution >= 4 is 17.5 Å². The van der Waals surface area contributed by atoms with E-state index in [1.165, 1.54) is 51.4 Å². The Morgan fingerprint density at radius 1 is 1.05 bits per heavy atom. The number of halogens is 1. The summed E-state index contributed by atoms with van der Waals surface area (Å²) in [6, 6.07) is 0.276. The van der Waals surface area contributed by atoms with E-state index >= 15 is 0 Å². The minimum Gasteiger partial charge on any atom is -0.338 e. The highest BCUT2D eigenvalue weighted by molar-refractivity contribution is 6.18. The SMILES string of the molecule is CCCCCCCCCCCC(=O)N1CCC(C)C1CCl. The van der Waals surface area contributed by atoms with Crippen LogP contribution in [0.15, 0.2) is 0 Å². The smallest absolute Gasteiger partial charge is 0.222 e. The predicted octanol–water partition coefficient (Wildman–Crippen LogP) is 5.38. The summed E-state index contributed by atoms with van der Waals surface area (Å²) in [4.78, 5) is 14.3. The number of hydrogen-bond acceptors (Lipinski definition) is 1. The van der Waals surface area contributed by atoms with Gasteiger partial charge in [0.15, 0.2) is 0 Å². The number of carbonyl (C=O) groups excluding carboxylic acids is 1. The van der Waals surface area contributed by atoms with Crippen molar-refractivity contribution in [3.8, 4) is 0 Å². The number of hydrogen-bond donors (Lipinski definition) is 0. The first-order valence-corrected chi connectivity index (χ1v) is 9.59. The molecule has 3 heteroatoms. The Bertz CT molecular complexity index is 282. The first-order valence-electron chi connectivity index (χ1n) is 9.06. The van der Waals surface area contributed by atoms with Crippen molar-refractivity contribution in [2.24, 2.45) is 5.92 Å². The lowest BCUT2D eigenvalue weighted by molar-refractivity contribution is -0.132. The zero-order valence-electron chi connectivity index (χ0n) is 14.1. The van der Waals surface area contributed by atoms with E-state index in [0.717, 1.165) is 25.8 Å². The van der Waals surface area contributed by atoms with Crippen molar-refractivity contribution in [3.63, 3.8) is 0 Å². The summed E-state index contributed by atoms with van der Waals surface area (Å²) in [6.45, 7) is 5.38. The van der Waals surface area contributed by atoms with Gasteiger partial charge in [0.2, 0.25) is 5.91 Å². The van der Waals surface area contributed by atoms with Crippen molar-refractivity contribution < 1.29 is 4.79 Å². The number of likely N-dealkylation sites (tertiary alicyclic amines) is 1. The van der Waals surface area contributed by atoms with Crippen LogP contribution in [-0.4, -0.2) is 29.3 Å². The average Bonchev–Trinajstić information content (AvgIpc) is 2.86. The van der Waals surface area contributed by atoms with Gasteiger partial charge in [-0.1, -0.05) is 65.2 Å². The van der Waals surface area contributed by atoms with Crippen LogP contribution in [0.5, 0.6) is 0 Å². The molecule has 0 aliphatic carbocycles. The summed E-state index contributed by atoms with van der Waals surface area (Å²) >= 11 is 6.00. The number of rotatable bonds is 11. The zero-order chi connectivity index (χ0) is 15.5. The van der Waals surface area contributed by atoms with Gasteiger partial charge in [-0.3, -0.25) is 4.79 Å². The molecule has 0 aromatic rings. The molecule has 0 aromatic carbocycles. The molecule has 124 valence electrons. The van der Waals surface area contributed by atoms with E-state index in [0.29, 0.717) is 17.7 Å². The molecule has 2 atom stereocenters. The van der Waals surface area contributed by atoms with Gasteiger partial charge in [0, 0.05) is 24.9 Å². The standard InChI is InChI=1S/C18H34ClNO/c1-3-4-5-6-7-8-9-10-11-12-18(21)20-14-13-16(2)17(20)15-19/h16-17H,3-15H2,1-2H3. The lowest BCUT2D eigenvalue weighted by Crippen LogP contribution is -2.38. The fourth-order valence-electron chi connectivity index (χ4n) is 3.28. The summed E-state index contributed by atoms with van der Waals surface area (Å²) in [6.07, 6.45) is 13.5. The summed E-state index contributed by atoms with van der Waals surface area (Å²) < 4.78 is 0. The Balaban J connectivity index is 2.01. The number of alkyl halides is 1. The Morgan fingerprint density at radius 2 is 1.62 bits per heavy atom. The van der Waals surface area contributed by atoms with E-state index in [9.17, 15) is 4.79 Å². The molecule has 1 rings (SSSR count). The minimum absolute atomic E-state index is 0.276. The number of amides is 1. The maximum Gasteiger partial charge on any atom is 0.222 e. The molecule has 0 bridgehead atoms. The largest absolute Gasteiger partial charge is 0.338 e. The highest BCUT2D eigenvalue weighted by Gasteiger charge is 2.32. The van der Waals surface area contributed by atoms with Gasteiger partial charge in [-0.25, -0.2) is 0 Å². The minimum atomic E-state index is 0.276. The van der Waals surface area contributed by atoms with E-state index in [4.69, 9.17) is 11.6 Å². The van der Waals surface area contributed by atoms with E-state index in [-0.39, 0.29) is 6.04 Å². The molecule has 1 aliphatic heterocycles. The van der Waals surface area contributed by atoms with Crippen molar-refractivity contribution in [1.29, 1.82) is 0 Å². The van der Waals surface area contributed by atoms with E-state index in [2.05, 4.69) is 13.8 Å². The van der Waals surface area contributed by atoms with Gasteiger partial charge in [0.05, 0.1) is 0 Å². The highest BCUT2D eigenvalue weighted by Crippen LogP contribution is 2.26. The second-order valence-electron chi connectivity index (χ2n) is 6.65. The Kier molecular flexibility index (Phi) is 10.2. The monoisotopic (exact) mass is 315 g/mol. The van der Waals surface area contributed by atoms with Crippen LogP contribution in [0.4, 0.5) is 0 Å². The predicted molar refractivity (Wildman–Crippen MR) is 91.8 cm³/mol. The van der Waals surface area contributed by atoms with Gasteiger partial charge in [-0.2, -0.15) is 0 Å². The second-order valence-corrected chi connectivity index (χ2v) is 6.96. The number of carbonyl (C=O) groups is 1. The van der Waals surface area contributed by atoms with Crippen molar-refractivity contribution in [1.82, 2.24) is 4.90 Å². The van der Waals surface area contributed by atoms with Gasteiger partial charge in [-0.15, -0.1) is 11.6 Å². The summed E-state index contributed by atoms with van der Waals surface area (Å²) in [7, 11) is 0. The fraction of sp³-hybridized carbons (Fsp3) is 0.944. The van der Waals surface area contributed by atoms with Gasteiger partial charge in [0.1, 0.15) is 0 Å². The molecular weight excluding hydrogens is 282 g/mol. The summed E-state index contributed by atoms with van der Waals surface area (Å²) in [5.74, 6) is 1.48. The van der Waals surface area contributed by atoms with Crippen LogP contribution in [-0.2, 0) is 4.79 Å². The molecule has 21 heavy (non-hydrogen) atoms. The Morgan fingerprint density at radius 3 is 2.19 bits per heavy atom. The molecule has 1 aliphatic rings. The maximum atomic E-state index is 12.2. The molecule has 0 radical (unpaired) electrons. The second kappa shape index (κ2) is 11.3. The van der Waals surface area contributed by atoms with Gasteiger partial charge < -0.3 is 4.90 Å². The third-order valence-corrected chi connectivity index (χ3v) is 5.17. The molecule has 1 amide bonds. The molecule has 0 aromatic heterocycles. The van der Waals surface area contributed by atoms with Crippen LogP contribution in [0.2, 0.25) is 0 Å². The molecule has 0 N–H and O–H groups in total. The third-order valence-electron chi connectivity index (χ3n) is 4.86. The van der Waals surface area contributed by atoms with Crippen LogP contribution >= 0.6 is 11.6 Å². The van der Waals surface area contributed by atoms with E-state index < -0.39 is 0 Å². The quantitative estimate of drug-likeness (QED) is 0.370. The first-order chi connectivity index (χ1) is 10.2. The molecule has 1 fully saturated rings. The Labute approximate surface area is 136 Å². The number of unbranched alkanes of at least 4 members (excludes halogenated alkanes) is 8. The van der Waals surface area contributed by atoms with E-state index in [1.807, 2.05) is 4.90 Å². The van der Waals surface area contributed by atoms with Crippen molar-refractivity contribution in [2.75, 3.05) is 12.4 Å². The lowest BCUT2D eigenvalue weighted by atomic mass is 10.0. The van der Waals surface area contributed by atoms with Crippen LogP contribution in [0, 0.1) is 5.92 Å². The van der Waals surface area contributed by atoms with Crippen LogP contribution in [0.3, 0.4) is 0 Å². The zero-order valence-corrected chi connectivity index (χ0v) is 14.8. The van der Waals surface area contributed by atoms with Crippen LogP contribution in [0.1, 0.15) is 84.5 Å². The lowest BCUT2D eigenvalue weighted by Gasteiger charge is -2.25. The topological polar surface area (TPSA) is 20.3 Å². The highest BCUT2D eigenvalue weighted by atomic mass is 35.5. The normalized spacial score (nSPS) is 22.0. The molecule has 0 spiro atoms. The van der Waals surface area contributed by atoms with Crippen molar-refractivity contribution in [3.05, 3.63) is 0 Å². The van der Waals surface area contributed by atoms with Gasteiger partial charge in [0.25, 0.3) is 0 Å². The molecule has 2 unspecified atom stereocenters. The average molecular weight is 316 g/mol. The van der Waals surface area contributed by atoms with Crippen LogP contribution in [0.25, 0.3) is 0 Å². The molecule has 0 saturated carbocycles. The van der Waals surface area contributed by atoms with Crippen LogP contribution < -0.4 is 0 Å². The number of nitrogens with zero attached hydrogens (tertiary/aromatic N) is 1. The maximum absolute atomic E-state index is 12.2. The third kappa shape index (κ3) is 7.04. The molecule has 1 heterocycles. The summed E-state index contributed by atoms with van der Waals surface area (Å²) in [5, 5.41) is 0.